The third-order valence-corrected chi connectivity index (χ3v) is 8.46. The molecule has 4 N–H and O–H groups in total. The molecule has 0 bridgehead atoms. The highest BCUT2D eigenvalue weighted by Crippen LogP contribution is 2.65. The van der Waals surface area contributed by atoms with Crippen LogP contribution in [0.3, 0.4) is 0 Å². The Bertz CT molecular complexity index is 422. The number of fused-ring (bicyclic) bond motifs is 5. The first-order chi connectivity index (χ1) is 9.92. The molecule has 0 aromatic carbocycles. The standard InChI is InChI=1S/C19H34N2/c1-18-8-7-16-15(17(18)9-14(21)10-18)6-4-12-3-5-13(20)11-19(12,16)2/h12-17H,3-11,20-21H2,1-2H3/t12-,13?,14?,15-,16+,17+,18-,19+/m1/s1. The minimum Gasteiger partial charge on any atom is -0.328 e. The van der Waals surface area contributed by atoms with Crippen LogP contribution in [0.15, 0.2) is 0 Å². The van der Waals surface area contributed by atoms with E-state index in [2.05, 4.69) is 13.8 Å². The summed E-state index contributed by atoms with van der Waals surface area (Å²) in [4.78, 5) is 0. The molecular formula is C19H34N2. The van der Waals surface area contributed by atoms with E-state index in [1.807, 2.05) is 0 Å². The maximum absolute atomic E-state index is 6.38. The molecule has 4 saturated carbocycles. The second-order valence-corrected chi connectivity index (χ2v) is 9.59. The van der Waals surface area contributed by atoms with Crippen molar-refractivity contribution in [3.63, 3.8) is 0 Å². The maximum Gasteiger partial charge on any atom is 0.00470 e. The number of hydrogen-bond donors (Lipinski definition) is 2. The summed E-state index contributed by atoms with van der Waals surface area (Å²) in [6.45, 7) is 5.15. The first kappa shape index (κ1) is 14.5. The van der Waals surface area contributed by atoms with Gasteiger partial charge in [-0.1, -0.05) is 13.8 Å². The van der Waals surface area contributed by atoms with E-state index in [1.54, 1.807) is 0 Å². The summed E-state index contributed by atoms with van der Waals surface area (Å²) in [5, 5.41) is 0. The fourth-order valence-electron chi connectivity index (χ4n) is 7.52. The summed E-state index contributed by atoms with van der Waals surface area (Å²) >= 11 is 0. The Labute approximate surface area is 130 Å². The number of hydrogen-bond acceptors (Lipinski definition) is 2. The Morgan fingerprint density at radius 1 is 0.810 bits per heavy atom. The molecule has 2 nitrogen and oxygen atoms in total. The Kier molecular flexibility index (Phi) is 3.25. The summed E-state index contributed by atoms with van der Waals surface area (Å²) in [5.74, 6) is 3.75. The van der Waals surface area contributed by atoms with Crippen molar-refractivity contribution in [3.05, 3.63) is 0 Å². The van der Waals surface area contributed by atoms with Gasteiger partial charge in [-0.2, -0.15) is 0 Å². The van der Waals surface area contributed by atoms with Gasteiger partial charge in [0.15, 0.2) is 0 Å². The molecule has 0 aromatic rings. The zero-order chi connectivity index (χ0) is 14.8. The van der Waals surface area contributed by atoms with Crippen molar-refractivity contribution in [2.24, 2.45) is 46.0 Å². The van der Waals surface area contributed by atoms with Crippen molar-refractivity contribution in [1.29, 1.82) is 0 Å². The van der Waals surface area contributed by atoms with Crippen molar-refractivity contribution < 1.29 is 0 Å². The van der Waals surface area contributed by atoms with Gasteiger partial charge < -0.3 is 11.5 Å². The quantitative estimate of drug-likeness (QED) is 0.715. The molecule has 0 heterocycles. The Hall–Kier alpha value is -0.0800. The molecule has 4 fully saturated rings. The van der Waals surface area contributed by atoms with Gasteiger partial charge in [-0.3, -0.25) is 0 Å². The van der Waals surface area contributed by atoms with E-state index in [-0.39, 0.29) is 0 Å². The van der Waals surface area contributed by atoms with E-state index in [1.165, 1.54) is 57.8 Å². The lowest BCUT2D eigenvalue weighted by Gasteiger charge is -2.60. The summed E-state index contributed by atoms with van der Waals surface area (Å²) in [6.07, 6.45) is 12.3. The summed E-state index contributed by atoms with van der Waals surface area (Å²) < 4.78 is 0. The predicted molar refractivity (Wildman–Crippen MR) is 87.7 cm³/mol. The Morgan fingerprint density at radius 2 is 1.57 bits per heavy atom. The minimum absolute atomic E-state index is 0.462. The number of nitrogens with two attached hydrogens (primary N) is 2. The molecule has 2 heteroatoms. The fraction of sp³-hybridized carbons (Fsp3) is 1.00. The Morgan fingerprint density at radius 3 is 2.38 bits per heavy atom. The molecule has 0 radical (unpaired) electrons. The van der Waals surface area contributed by atoms with Crippen LogP contribution in [-0.2, 0) is 0 Å². The van der Waals surface area contributed by atoms with Gasteiger partial charge in [0.2, 0.25) is 0 Å². The molecule has 0 saturated heterocycles. The minimum atomic E-state index is 0.462. The van der Waals surface area contributed by atoms with Gasteiger partial charge in [-0.25, -0.2) is 0 Å². The Balaban J connectivity index is 1.64. The molecule has 0 aromatic heterocycles. The zero-order valence-corrected chi connectivity index (χ0v) is 14.0. The normalized spacial score (nSPS) is 60.0. The van der Waals surface area contributed by atoms with Crippen LogP contribution < -0.4 is 11.5 Å². The second kappa shape index (κ2) is 4.71. The summed E-state index contributed by atoms with van der Waals surface area (Å²) in [7, 11) is 0. The van der Waals surface area contributed by atoms with Crippen LogP contribution in [0.1, 0.15) is 71.6 Å². The molecule has 4 aliphatic rings. The SMILES string of the molecule is C[C@]12CC[C@H]3[C@@H](CC[C@H]4CCC(N)C[C@@]43C)[C@@H]1CC(N)C2. The van der Waals surface area contributed by atoms with Crippen LogP contribution >= 0.6 is 0 Å². The summed E-state index contributed by atoms with van der Waals surface area (Å²) in [6, 6.07) is 0.932. The molecular weight excluding hydrogens is 256 g/mol. The molecule has 4 aliphatic carbocycles. The van der Waals surface area contributed by atoms with E-state index in [4.69, 9.17) is 11.5 Å². The number of rotatable bonds is 0. The third-order valence-electron chi connectivity index (χ3n) is 8.46. The average Bonchev–Trinajstić information content (AvgIpc) is 2.72. The molecule has 4 rings (SSSR count). The smallest absolute Gasteiger partial charge is 0.00470 e. The second-order valence-electron chi connectivity index (χ2n) is 9.59. The van der Waals surface area contributed by atoms with Gasteiger partial charge in [-0.15, -0.1) is 0 Å². The van der Waals surface area contributed by atoms with Gasteiger partial charge in [0.1, 0.15) is 0 Å². The molecule has 0 spiro atoms. The molecule has 2 unspecified atom stereocenters. The van der Waals surface area contributed by atoms with Gasteiger partial charge in [-0.05, 0) is 92.3 Å². The first-order valence-corrected chi connectivity index (χ1v) is 9.43. The van der Waals surface area contributed by atoms with Crippen LogP contribution in [0.2, 0.25) is 0 Å². The lowest BCUT2D eigenvalue weighted by atomic mass is 9.45. The van der Waals surface area contributed by atoms with Crippen molar-refractivity contribution in [3.8, 4) is 0 Å². The zero-order valence-electron chi connectivity index (χ0n) is 14.0. The molecule has 120 valence electrons. The highest BCUT2D eigenvalue weighted by molar-refractivity contribution is 5.09. The topological polar surface area (TPSA) is 52.0 Å². The lowest BCUT2D eigenvalue weighted by Crippen LogP contribution is -2.54. The monoisotopic (exact) mass is 290 g/mol. The van der Waals surface area contributed by atoms with Crippen molar-refractivity contribution in [1.82, 2.24) is 0 Å². The fourth-order valence-corrected chi connectivity index (χ4v) is 7.52. The van der Waals surface area contributed by atoms with Crippen molar-refractivity contribution in [2.75, 3.05) is 0 Å². The molecule has 0 amide bonds. The highest BCUT2D eigenvalue weighted by atomic mass is 14.7. The van der Waals surface area contributed by atoms with Crippen LogP contribution in [0, 0.1) is 34.5 Å². The lowest BCUT2D eigenvalue weighted by molar-refractivity contribution is -0.106. The third kappa shape index (κ3) is 2.05. The molecule has 8 atom stereocenters. The van der Waals surface area contributed by atoms with Crippen molar-refractivity contribution >= 4 is 0 Å². The predicted octanol–water partition coefficient (Wildman–Crippen LogP) is 3.68. The van der Waals surface area contributed by atoms with Crippen LogP contribution in [0.4, 0.5) is 0 Å². The van der Waals surface area contributed by atoms with Crippen LogP contribution in [-0.4, -0.2) is 12.1 Å². The van der Waals surface area contributed by atoms with Crippen LogP contribution in [0.5, 0.6) is 0 Å². The van der Waals surface area contributed by atoms with Gasteiger partial charge in [0.05, 0.1) is 0 Å². The first-order valence-electron chi connectivity index (χ1n) is 9.43. The van der Waals surface area contributed by atoms with E-state index in [0.29, 0.717) is 22.9 Å². The highest BCUT2D eigenvalue weighted by Gasteiger charge is 2.58. The molecule has 0 aliphatic heterocycles. The van der Waals surface area contributed by atoms with Gasteiger partial charge in [0, 0.05) is 12.1 Å². The average molecular weight is 290 g/mol. The van der Waals surface area contributed by atoms with E-state index in [9.17, 15) is 0 Å². The van der Waals surface area contributed by atoms with Crippen LogP contribution in [0.25, 0.3) is 0 Å². The van der Waals surface area contributed by atoms with Gasteiger partial charge in [0.25, 0.3) is 0 Å². The largest absolute Gasteiger partial charge is 0.328 e. The van der Waals surface area contributed by atoms with E-state index >= 15 is 0 Å². The van der Waals surface area contributed by atoms with Gasteiger partial charge >= 0.3 is 0 Å². The van der Waals surface area contributed by atoms with Crippen molar-refractivity contribution in [2.45, 2.75) is 83.7 Å². The van der Waals surface area contributed by atoms with E-state index < -0.39 is 0 Å². The molecule has 21 heavy (non-hydrogen) atoms. The van der Waals surface area contributed by atoms with E-state index in [0.717, 1.165) is 23.7 Å². The maximum atomic E-state index is 6.38. The summed E-state index contributed by atoms with van der Waals surface area (Å²) in [5.41, 5.74) is 13.8.